The number of carbonyl (C=O) groups is 1. The Balaban J connectivity index is 1.68. The zero-order valence-corrected chi connectivity index (χ0v) is 20.6. The van der Waals surface area contributed by atoms with Gasteiger partial charge < -0.3 is 20.5 Å². The number of phenolic OH excluding ortho intramolecular Hbond substituents is 1. The molecule has 6 nitrogen and oxygen atoms in total. The molecule has 1 aliphatic carbocycles. The fraction of sp³-hybridized carbons (Fsp3) is 0.214. The summed E-state index contributed by atoms with van der Waals surface area (Å²) in [6, 6.07) is 13.9. The highest BCUT2D eigenvalue weighted by molar-refractivity contribution is 6.32. The van der Waals surface area contributed by atoms with Crippen LogP contribution in [0.5, 0.6) is 11.5 Å². The summed E-state index contributed by atoms with van der Waals surface area (Å²) in [5.41, 5.74) is 4.06. The number of fused-ring (bicyclic) bond motifs is 1. The minimum atomic E-state index is -0.512. The van der Waals surface area contributed by atoms with Crippen molar-refractivity contribution in [2.24, 2.45) is 5.92 Å². The van der Waals surface area contributed by atoms with E-state index < -0.39 is 5.82 Å². The lowest BCUT2D eigenvalue weighted by Gasteiger charge is -2.16. The minimum Gasteiger partial charge on any atom is -0.503 e. The van der Waals surface area contributed by atoms with Crippen LogP contribution < -0.4 is 15.4 Å². The van der Waals surface area contributed by atoms with Crippen LogP contribution in [0.15, 0.2) is 54.7 Å². The molecule has 0 atom stereocenters. The first-order valence-corrected chi connectivity index (χ1v) is 12.0. The average molecular weight is 506 g/mol. The van der Waals surface area contributed by atoms with Gasteiger partial charge in [0.15, 0.2) is 17.3 Å². The number of methoxy groups -OCH3 is 1. The molecule has 36 heavy (non-hydrogen) atoms. The van der Waals surface area contributed by atoms with Gasteiger partial charge in [-0.3, -0.25) is 9.78 Å². The van der Waals surface area contributed by atoms with Gasteiger partial charge >= 0.3 is 0 Å². The SMILES string of the molecule is CNCc1ccc(Nc2c(C(=O)C3CC3)cnc3cc(F)c(-c4cc(Cl)c(O)c(OC)c4)cc23)cc1. The molecule has 8 heteroatoms. The molecule has 1 aliphatic rings. The van der Waals surface area contributed by atoms with Crippen molar-refractivity contribution in [3.05, 3.63) is 76.7 Å². The first-order valence-electron chi connectivity index (χ1n) is 11.6. The first-order chi connectivity index (χ1) is 17.4. The minimum absolute atomic E-state index is 0.0112. The number of carbonyl (C=O) groups excluding carboxylic acids is 1. The summed E-state index contributed by atoms with van der Waals surface area (Å²) in [6.07, 6.45) is 3.24. The second kappa shape index (κ2) is 9.76. The van der Waals surface area contributed by atoms with Gasteiger partial charge in [0, 0.05) is 41.4 Å². The van der Waals surface area contributed by atoms with Crippen LogP contribution in [-0.4, -0.2) is 30.0 Å². The molecule has 0 spiro atoms. The second-order valence-corrected chi connectivity index (χ2v) is 9.30. The Morgan fingerprint density at radius 1 is 1.19 bits per heavy atom. The van der Waals surface area contributed by atoms with Crippen LogP contribution >= 0.6 is 11.6 Å². The molecule has 184 valence electrons. The molecule has 5 rings (SSSR count). The van der Waals surface area contributed by atoms with E-state index in [-0.39, 0.29) is 33.8 Å². The fourth-order valence-electron chi connectivity index (χ4n) is 4.26. The third-order valence-electron chi connectivity index (χ3n) is 6.33. The van der Waals surface area contributed by atoms with Gasteiger partial charge in [0.2, 0.25) is 0 Å². The Kier molecular flexibility index (Phi) is 6.51. The Labute approximate surface area is 213 Å². The van der Waals surface area contributed by atoms with Crippen molar-refractivity contribution in [3.63, 3.8) is 0 Å². The molecule has 0 bridgehead atoms. The van der Waals surface area contributed by atoms with E-state index in [1.807, 2.05) is 31.3 Å². The van der Waals surface area contributed by atoms with Crippen molar-refractivity contribution in [3.8, 4) is 22.6 Å². The number of hydrogen-bond donors (Lipinski definition) is 3. The smallest absolute Gasteiger partial charge is 0.176 e. The number of aromatic nitrogens is 1. The van der Waals surface area contributed by atoms with Crippen LogP contribution in [0.25, 0.3) is 22.0 Å². The number of nitrogens with zero attached hydrogens (tertiary/aromatic N) is 1. The van der Waals surface area contributed by atoms with Gasteiger partial charge in [-0.05, 0) is 61.3 Å². The van der Waals surface area contributed by atoms with E-state index in [1.54, 1.807) is 6.07 Å². The summed E-state index contributed by atoms with van der Waals surface area (Å²) in [7, 11) is 3.29. The Morgan fingerprint density at radius 2 is 1.94 bits per heavy atom. The maximum absolute atomic E-state index is 15.3. The van der Waals surface area contributed by atoms with Gasteiger partial charge in [0.25, 0.3) is 0 Å². The van der Waals surface area contributed by atoms with Crippen molar-refractivity contribution in [2.45, 2.75) is 19.4 Å². The number of anilines is 2. The maximum atomic E-state index is 15.3. The molecule has 0 radical (unpaired) electrons. The molecule has 0 amide bonds. The number of halogens is 2. The van der Waals surface area contributed by atoms with Crippen molar-refractivity contribution in [1.29, 1.82) is 0 Å². The topological polar surface area (TPSA) is 83.5 Å². The number of ketones is 1. The highest BCUT2D eigenvalue weighted by atomic mass is 35.5. The predicted octanol–water partition coefficient (Wildman–Crippen LogP) is 6.46. The van der Waals surface area contributed by atoms with Crippen molar-refractivity contribution in [1.82, 2.24) is 10.3 Å². The summed E-state index contributed by atoms with van der Waals surface area (Å²) in [5.74, 6) is -0.579. The van der Waals surface area contributed by atoms with E-state index in [2.05, 4.69) is 15.6 Å². The number of ether oxygens (including phenoxy) is 1. The molecular weight excluding hydrogens is 481 g/mol. The highest BCUT2D eigenvalue weighted by Crippen LogP contribution is 2.42. The molecule has 0 unspecified atom stereocenters. The largest absolute Gasteiger partial charge is 0.503 e. The maximum Gasteiger partial charge on any atom is 0.176 e. The highest BCUT2D eigenvalue weighted by Gasteiger charge is 2.32. The van der Waals surface area contributed by atoms with Crippen molar-refractivity contribution < 1.29 is 19.0 Å². The molecule has 0 aliphatic heterocycles. The van der Waals surface area contributed by atoms with E-state index >= 15 is 4.39 Å². The lowest BCUT2D eigenvalue weighted by Crippen LogP contribution is -2.08. The lowest BCUT2D eigenvalue weighted by molar-refractivity contribution is 0.0968. The van der Waals surface area contributed by atoms with E-state index in [0.29, 0.717) is 27.7 Å². The zero-order chi connectivity index (χ0) is 25.4. The van der Waals surface area contributed by atoms with Crippen LogP contribution in [-0.2, 0) is 6.54 Å². The summed E-state index contributed by atoms with van der Waals surface area (Å²) in [5, 5.41) is 17.3. The molecular formula is C28H25ClFN3O3. The Hall–Kier alpha value is -3.68. The third-order valence-corrected chi connectivity index (χ3v) is 6.62. The molecule has 1 saturated carbocycles. The van der Waals surface area contributed by atoms with E-state index in [9.17, 15) is 9.90 Å². The number of benzene rings is 3. The van der Waals surface area contributed by atoms with E-state index in [1.165, 1.54) is 31.5 Å². The average Bonchev–Trinajstić information content (AvgIpc) is 3.72. The van der Waals surface area contributed by atoms with Crippen LogP contribution in [0.2, 0.25) is 5.02 Å². The van der Waals surface area contributed by atoms with Crippen LogP contribution in [0.3, 0.4) is 0 Å². The van der Waals surface area contributed by atoms with Crippen molar-refractivity contribution >= 4 is 39.7 Å². The Bertz CT molecular complexity index is 1470. The lowest BCUT2D eigenvalue weighted by atomic mass is 9.98. The number of aromatic hydroxyl groups is 1. The molecule has 1 aromatic heterocycles. The van der Waals surface area contributed by atoms with Crippen LogP contribution in [0.1, 0.15) is 28.8 Å². The predicted molar refractivity (Wildman–Crippen MR) is 140 cm³/mol. The van der Waals surface area contributed by atoms with Crippen molar-refractivity contribution in [2.75, 3.05) is 19.5 Å². The molecule has 1 fully saturated rings. The van der Waals surface area contributed by atoms with Gasteiger partial charge in [0.05, 0.1) is 28.9 Å². The van der Waals surface area contributed by atoms with Crippen LogP contribution in [0, 0.1) is 11.7 Å². The van der Waals surface area contributed by atoms with E-state index in [0.717, 1.165) is 30.6 Å². The quantitative estimate of drug-likeness (QED) is 0.238. The number of nitrogens with one attached hydrogen (secondary N) is 2. The van der Waals surface area contributed by atoms with Gasteiger partial charge in [-0.25, -0.2) is 4.39 Å². The molecule has 3 N–H and O–H groups in total. The summed E-state index contributed by atoms with van der Waals surface area (Å²) >= 11 is 6.17. The third kappa shape index (κ3) is 4.59. The summed E-state index contributed by atoms with van der Waals surface area (Å²) < 4.78 is 20.5. The van der Waals surface area contributed by atoms with Gasteiger partial charge in [0.1, 0.15) is 5.82 Å². The van der Waals surface area contributed by atoms with Crippen LogP contribution in [0.4, 0.5) is 15.8 Å². The molecule has 0 saturated heterocycles. The molecule has 3 aromatic carbocycles. The first kappa shape index (κ1) is 24.0. The summed E-state index contributed by atoms with van der Waals surface area (Å²) in [4.78, 5) is 17.6. The standard InChI is InChI=1S/C28H25ClFN3O3/c1-31-13-15-3-7-18(8-4-15)33-26-20-11-19(17-9-22(29)28(35)25(10-17)36-2)23(30)12-24(20)32-14-21(26)27(34)16-5-6-16/h3-4,7-12,14,16,31,35H,5-6,13H2,1-2H3,(H,32,33). The number of hydrogen-bond acceptors (Lipinski definition) is 6. The normalized spacial score (nSPS) is 13.1. The second-order valence-electron chi connectivity index (χ2n) is 8.90. The molecule has 1 heterocycles. The monoisotopic (exact) mass is 505 g/mol. The number of pyridine rings is 1. The summed E-state index contributed by atoms with van der Waals surface area (Å²) in [6.45, 7) is 0.741. The molecule has 4 aromatic rings. The zero-order valence-electron chi connectivity index (χ0n) is 19.9. The number of Topliss-reactive ketones (excluding diaryl/α,β-unsaturated/α-hetero) is 1. The van der Waals surface area contributed by atoms with Gasteiger partial charge in [-0.1, -0.05) is 23.7 Å². The van der Waals surface area contributed by atoms with Gasteiger partial charge in [-0.2, -0.15) is 0 Å². The Morgan fingerprint density at radius 3 is 2.61 bits per heavy atom. The fourth-order valence-corrected chi connectivity index (χ4v) is 4.47. The van der Waals surface area contributed by atoms with E-state index in [4.69, 9.17) is 16.3 Å². The number of rotatable bonds is 8. The van der Waals surface area contributed by atoms with Gasteiger partial charge in [-0.15, -0.1) is 0 Å². The number of phenols is 1.